The van der Waals surface area contributed by atoms with Crippen LogP contribution in [0, 0.1) is 5.92 Å². The Bertz CT molecular complexity index is 205. The van der Waals surface area contributed by atoms with Crippen LogP contribution in [0.5, 0.6) is 0 Å². The van der Waals surface area contributed by atoms with Crippen LogP contribution in [0.1, 0.15) is 12.8 Å². The number of ketones is 1. The van der Waals surface area contributed by atoms with Crippen molar-refractivity contribution in [2.24, 2.45) is 5.92 Å². The second-order valence-electron chi connectivity index (χ2n) is 2.53. The van der Waals surface area contributed by atoms with E-state index in [0.29, 0.717) is 12.8 Å². The molecule has 1 atom stereocenters. The number of hydrogen-bond acceptors (Lipinski definition) is 3. The first-order chi connectivity index (χ1) is 5.24. The quantitative estimate of drug-likeness (QED) is 0.522. The molecule has 11 heavy (non-hydrogen) atoms. The highest BCUT2D eigenvalue weighted by Crippen LogP contribution is 2.16. The molecule has 0 amide bonds. The molecular formula is C8H10O3. The molecule has 0 aromatic carbocycles. The fraction of sp³-hybridized carbons (Fsp3) is 0.500. The number of carbonyl (C=O) groups excluding carboxylic acids is 2. The van der Waals surface area contributed by atoms with Crippen molar-refractivity contribution in [2.45, 2.75) is 12.8 Å². The van der Waals surface area contributed by atoms with Crippen molar-refractivity contribution < 1.29 is 14.3 Å². The van der Waals surface area contributed by atoms with Crippen LogP contribution in [0.25, 0.3) is 0 Å². The number of esters is 1. The van der Waals surface area contributed by atoms with Gasteiger partial charge in [0.2, 0.25) is 0 Å². The number of allylic oxidation sites excluding steroid dienone is 2. The average Bonchev–Trinajstić information content (AvgIpc) is 2.03. The Morgan fingerprint density at radius 1 is 1.73 bits per heavy atom. The zero-order chi connectivity index (χ0) is 8.27. The molecule has 0 bridgehead atoms. The third-order valence-electron chi connectivity index (χ3n) is 1.71. The van der Waals surface area contributed by atoms with Crippen molar-refractivity contribution in [3.63, 3.8) is 0 Å². The van der Waals surface area contributed by atoms with Crippen molar-refractivity contribution in [2.75, 3.05) is 7.11 Å². The highest BCUT2D eigenvalue weighted by Gasteiger charge is 2.22. The highest BCUT2D eigenvalue weighted by atomic mass is 16.5. The van der Waals surface area contributed by atoms with Crippen molar-refractivity contribution in [1.29, 1.82) is 0 Å². The molecule has 3 heteroatoms. The molecule has 0 aromatic heterocycles. The third-order valence-corrected chi connectivity index (χ3v) is 1.71. The van der Waals surface area contributed by atoms with Gasteiger partial charge in [-0.05, 0) is 12.5 Å². The van der Waals surface area contributed by atoms with Gasteiger partial charge >= 0.3 is 5.97 Å². The Hall–Kier alpha value is -1.12. The Morgan fingerprint density at radius 3 is 3.00 bits per heavy atom. The van der Waals surface area contributed by atoms with Gasteiger partial charge in [-0.3, -0.25) is 9.59 Å². The monoisotopic (exact) mass is 154 g/mol. The van der Waals surface area contributed by atoms with Crippen molar-refractivity contribution in [3.05, 3.63) is 12.2 Å². The van der Waals surface area contributed by atoms with Crippen LogP contribution in [0.4, 0.5) is 0 Å². The minimum absolute atomic E-state index is 0.00616. The number of methoxy groups -OCH3 is 1. The van der Waals surface area contributed by atoms with Gasteiger partial charge in [0.05, 0.1) is 13.0 Å². The summed E-state index contributed by atoms with van der Waals surface area (Å²) in [5.41, 5.74) is 0. The summed E-state index contributed by atoms with van der Waals surface area (Å²) in [6.45, 7) is 0. The zero-order valence-electron chi connectivity index (χ0n) is 6.37. The molecule has 0 spiro atoms. The first-order valence-corrected chi connectivity index (χ1v) is 3.51. The van der Waals surface area contributed by atoms with E-state index in [1.807, 2.05) is 0 Å². The van der Waals surface area contributed by atoms with Gasteiger partial charge in [0.25, 0.3) is 0 Å². The molecule has 0 saturated carbocycles. The average molecular weight is 154 g/mol. The minimum atomic E-state index is -0.289. The van der Waals surface area contributed by atoms with Crippen LogP contribution in [0.2, 0.25) is 0 Å². The second-order valence-corrected chi connectivity index (χ2v) is 2.53. The van der Waals surface area contributed by atoms with Gasteiger partial charge in [0, 0.05) is 6.42 Å². The summed E-state index contributed by atoms with van der Waals surface area (Å²) in [5, 5.41) is 0. The second kappa shape index (κ2) is 3.32. The van der Waals surface area contributed by atoms with Gasteiger partial charge in [-0.15, -0.1) is 0 Å². The van der Waals surface area contributed by atoms with E-state index in [1.165, 1.54) is 13.2 Å². The van der Waals surface area contributed by atoms with Gasteiger partial charge in [0.1, 0.15) is 0 Å². The van der Waals surface area contributed by atoms with Gasteiger partial charge in [-0.2, -0.15) is 0 Å². The highest BCUT2D eigenvalue weighted by molar-refractivity contribution is 5.93. The molecule has 1 aliphatic carbocycles. The maximum absolute atomic E-state index is 10.9. The van der Waals surface area contributed by atoms with Gasteiger partial charge < -0.3 is 4.74 Å². The lowest BCUT2D eigenvalue weighted by Crippen LogP contribution is -2.20. The molecular weight excluding hydrogens is 144 g/mol. The fourth-order valence-electron chi connectivity index (χ4n) is 1.10. The van der Waals surface area contributed by atoms with E-state index in [9.17, 15) is 9.59 Å². The van der Waals surface area contributed by atoms with E-state index < -0.39 is 0 Å². The Kier molecular flexibility index (Phi) is 2.41. The normalized spacial score (nSPS) is 23.4. The van der Waals surface area contributed by atoms with E-state index in [0.717, 1.165) is 0 Å². The molecule has 0 unspecified atom stereocenters. The summed E-state index contributed by atoms with van der Waals surface area (Å²) in [6, 6.07) is 0. The Labute approximate surface area is 65.0 Å². The molecule has 0 fully saturated rings. The summed E-state index contributed by atoms with van der Waals surface area (Å²) < 4.78 is 4.51. The summed E-state index contributed by atoms with van der Waals surface area (Å²) >= 11 is 0. The summed E-state index contributed by atoms with van der Waals surface area (Å²) in [4.78, 5) is 21.7. The van der Waals surface area contributed by atoms with Gasteiger partial charge in [-0.25, -0.2) is 0 Å². The topological polar surface area (TPSA) is 43.4 Å². The number of hydrogen-bond donors (Lipinski definition) is 0. The van der Waals surface area contributed by atoms with Crippen molar-refractivity contribution >= 4 is 11.8 Å². The standard InChI is InChI=1S/C8H10O3/c1-11-8(10)6-3-2-4-7(9)5-6/h2,4,6H,3,5H2,1H3/t6-/m1/s1. The predicted molar refractivity (Wildman–Crippen MR) is 38.9 cm³/mol. The molecule has 3 nitrogen and oxygen atoms in total. The summed E-state index contributed by atoms with van der Waals surface area (Å²) in [5.74, 6) is -0.535. The maximum Gasteiger partial charge on any atom is 0.309 e. The predicted octanol–water partition coefficient (Wildman–Crippen LogP) is 0.695. The lowest BCUT2D eigenvalue weighted by atomic mass is 9.94. The Balaban J connectivity index is 2.56. The molecule has 0 radical (unpaired) electrons. The Morgan fingerprint density at radius 2 is 2.45 bits per heavy atom. The maximum atomic E-state index is 10.9. The first-order valence-electron chi connectivity index (χ1n) is 3.51. The van der Waals surface area contributed by atoms with E-state index >= 15 is 0 Å². The number of carbonyl (C=O) groups is 2. The van der Waals surface area contributed by atoms with E-state index in [1.54, 1.807) is 6.08 Å². The molecule has 1 rings (SSSR count). The lowest BCUT2D eigenvalue weighted by Gasteiger charge is -2.13. The van der Waals surface area contributed by atoms with E-state index in [2.05, 4.69) is 4.74 Å². The fourth-order valence-corrected chi connectivity index (χ4v) is 1.10. The van der Waals surface area contributed by atoms with Crippen LogP contribution in [0.3, 0.4) is 0 Å². The SMILES string of the molecule is COC(=O)[C@@H]1CC=CC(=O)C1. The smallest absolute Gasteiger partial charge is 0.309 e. The molecule has 0 heterocycles. The van der Waals surface area contributed by atoms with E-state index in [4.69, 9.17) is 0 Å². The molecule has 0 aliphatic heterocycles. The molecule has 0 aromatic rings. The molecule has 0 saturated heterocycles. The van der Waals surface area contributed by atoms with Gasteiger partial charge in [0.15, 0.2) is 5.78 Å². The molecule has 0 N–H and O–H groups in total. The van der Waals surface area contributed by atoms with Gasteiger partial charge in [-0.1, -0.05) is 6.08 Å². The number of rotatable bonds is 1. The van der Waals surface area contributed by atoms with Crippen LogP contribution in [0.15, 0.2) is 12.2 Å². The van der Waals surface area contributed by atoms with Crippen molar-refractivity contribution in [3.8, 4) is 0 Å². The van der Waals surface area contributed by atoms with E-state index in [-0.39, 0.29) is 17.7 Å². The summed E-state index contributed by atoms with van der Waals surface area (Å²) in [7, 11) is 1.34. The summed E-state index contributed by atoms with van der Waals surface area (Å²) in [6.07, 6.45) is 4.15. The lowest BCUT2D eigenvalue weighted by molar-refractivity contribution is -0.146. The molecule has 1 aliphatic rings. The first kappa shape index (κ1) is 7.98. The van der Waals surface area contributed by atoms with Crippen LogP contribution in [-0.4, -0.2) is 18.9 Å². The molecule has 60 valence electrons. The minimum Gasteiger partial charge on any atom is -0.469 e. The van der Waals surface area contributed by atoms with Crippen molar-refractivity contribution in [1.82, 2.24) is 0 Å². The van der Waals surface area contributed by atoms with Crippen LogP contribution in [-0.2, 0) is 14.3 Å². The largest absolute Gasteiger partial charge is 0.469 e. The number of ether oxygens (including phenoxy) is 1. The van der Waals surface area contributed by atoms with Crippen LogP contribution >= 0.6 is 0 Å². The third kappa shape index (κ3) is 1.90. The zero-order valence-corrected chi connectivity index (χ0v) is 6.37. The van der Waals surface area contributed by atoms with Crippen LogP contribution < -0.4 is 0 Å².